The summed E-state index contributed by atoms with van der Waals surface area (Å²) in [7, 11) is 0. The molecule has 0 aliphatic carbocycles. The second kappa shape index (κ2) is 12.5. The lowest BCUT2D eigenvalue weighted by Gasteiger charge is -2.28. The molecule has 0 aromatic carbocycles. The number of hydrogen-bond acceptors (Lipinski definition) is 4. The first-order chi connectivity index (χ1) is 12.6. The molecule has 0 saturated heterocycles. The molecule has 0 atom stereocenters. The smallest absolute Gasteiger partial charge is 0.191 e. The van der Waals surface area contributed by atoms with Crippen molar-refractivity contribution in [1.82, 2.24) is 25.4 Å². The highest BCUT2D eigenvalue weighted by Gasteiger charge is 2.25. The lowest BCUT2D eigenvalue weighted by Crippen LogP contribution is -2.47. The van der Waals surface area contributed by atoms with Crippen molar-refractivity contribution in [1.29, 1.82) is 0 Å². The highest BCUT2D eigenvalue weighted by atomic mass is 127. The Morgan fingerprint density at radius 2 is 1.85 bits per heavy atom. The Morgan fingerprint density at radius 1 is 1.11 bits per heavy atom. The van der Waals surface area contributed by atoms with E-state index in [0.717, 1.165) is 62.8 Å². The lowest BCUT2D eigenvalue weighted by atomic mass is 9.93. The maximum Gasteiger partial charge on any atom is 0.191 e. The van der Waals surface area contributed by atoms with E-state index in [1.54, 1.807) is 0 Å². The minimum absolute atomic E-state index is 0. The topological polar surface area (TPSA) is 87.4 Å². The molecule has 1 aromatic heterocycles. The van der Waals surface area contributed by atoms with Gasteiger partial charge in [0.1, 0.15) is 12.4 Å². The van der Waals surface area contributed by atoms with Crippen LogP contribution in [0.5, 0.6) is 0 Å². The standard InChI is InChI=1S/C19H36N6O.HI/c1-4-11-19(26,12-5-2)15-22-18(20-6-3)21-14-17-24-23-16-10-8-7-9-13-25(16)17;/h26H,4-15H2,1-3H3,(H2,20,21,22);1H. The molecule has 1 aliphatic rings. The molecule has 1 aromatic rings. The quantitative estimate of drug-likeness (QED) is 0.280. The van der Waals surface area contributed by atoms with Crippen LogP contribution in [0.1, 0.15) is 77.4 Å². The van der Waals surface area contributed by atoms with Gasteiger partial charge in [-0.15, -0.1) is 34.2 Å². The largest absolute Gasteiger partial charge is 0.388 e. The number of nitrogens with one attached hydrogen (secondary N) is 2. The zero-order valence-corrected chi connectivity index (χ0v) is 19.5. The maximum atomic E-state index is 10.8. The van der Waals surface area contributed by atoms with E-state index in [2.05, 4.69) is 44.2 Å². The molecule has 0 saturated carbocycles. The molecular weight excluding hydrogens is 455 g/mol. The van der Waals surface area contributed by atoms with Crippen LogP contribution in [-0.4, -0.2) is 44.5 Å². The molecule has 0 bridgehead atoms. The normalized spacial score (nSPS) is 14.9. The number of guanidine groups is 1. The lowest BCUT2D eigenvalue weighted by molar-refractivity contribution is 0.0257. The summed E-state index contributed by atoms with van der Waals surface area (Å²) in [4.78, 5) is 4.68. The van der Waals surface area contributed by atoms with E-state index in [0.29, 0.717) is 13.1 Å². The summed E-state index contributed by atoms with van der Waals surface area (Å²) >= 11 is 0. The molecular formula is C19H37IN6O. The number of aliphatic imine (C=N–C) groups is 1. The van der Waals surface area contributed by atoms with Gasteiger partial charge in [-0.05, 0) is 32.6 Å². The molecule has 0 radical (unpaired) electrons. The van der Waals surface area contributed by atoms with Gasteiger partial charge in [0.2, 0.25) is 0 Å². The summed E-state index contributed by atoms with van der Waals surface area (Å²) in [6.45, 7) is 9.05. The highest BCUT2D eigenvalue weighted by Crippen LogP contribution is 2.18. The van der Waals surface area contributed by atoms with Gasteiger partial charge in [-0.3, -0.25) is 0 Å². The van der Waals surface area contributed by atoms with Crippen LogP contribution in [0.2, 0.25) is 0 Å². The van der Waals surface area contributed by atoms with Crippen molar-refractivity contribution in [2.24, 2.45) is 4.99 Å². The van der Waals surface area contributed by atoms with Crippen LogP contribution >= 0.6 is 24.0 Å². The van der Waals surface area contributed by atoms with E-state index in [4.69, 9.17) is 0 Å². The average molecular weight is 492 g/mol. The van der Waals surface area contributed by atoms with Gasteiger partial charge >= 0.3 is 0 Å². The van der Waals surface area contributed by atoms with Crippen LogP contribution in [0.4, 0.5) is 0 Å². The number of aryl methyl sites for hydroxylation is 1. The van der Waals surface area contributed by atoms with Gasteiger partial charge < -0.3 is 20.3 Å². The Labute approximate surface area is 180 Å². The molecule has 7 nitrogen and oxygen atoms in total. The summed E-state index contributed by atoms with van der Waals surface area (Å²) in [5, 5.41) is 26.1. The molecule has 0 unspecified atom stereocenters. The van der Waals surface area contributed by atoms with Crippen LogP contribution in [0.3, 0.4) is 0 Å². The van der Waals surface area contributed by atoms with Gasteiger partial charge in [0.25, 0.3) is 0 Å². The number of hydrogen-bond donors (Lipinski definition) is 3. The summed E-state index contributed by atoms with van der Waals surface area (Å²) in [5.74, 6) is 2.74. The second-order valence-corrected chi connectivity index (χ2v) is 7.27. The molecule has 2 rings (SSSR count). The number of rotatable bonds is 9. The number of halogens is 1. The van der Waals surface area contributed by atoms with Crippen molar-refractivity contribution in [3.05, 3.63) is 11.6 Å². The summed E-state index contributed by atoms with van der Waals surface area (Å²) in [6.07, 6.45) is 8.17. The monoisotopic (exact) mass is 492 g/mol. The molecule has 1 aliphatic heterocycles. The fraction of sp³-hybridized carbons (Fsp3) is 0.842. The maximum absolute atomic E-state index is 10.8. The first kappa shape index (κ1) is 24.1. The first-order valence-corrected chi connectivity index (χ1v) is 10.3. The molecule has 8 heteroatoms. The Balaban J connectivity index is 0.00000364. The van der Waals surface area contributed by atoms with Crippen molar-refractivity contribution in [2.45, 2.75) is 90.8 Å². The zero-order chi connectivity index (χ0) is 18.8. The first-order valence-electron chi connectivity index (χ1n) is 10.3. The third-order valence-corrected chi connectivity index (χ3v) is 4.92. The van der Waals surface area contributed by atoms with E-state index in [1.165, 1.54) is 19.3 Å². The van der Waals surface area contributed by atoms with Crippen LogP contribution in [0, 0.1) is 0 Å². The minimum atomic E-state index is -0.675. The van der Waals surface area contributed by atoms with Gasteiger partial charge in [0.05, 0.1) is 5.60 Å². The van der Waals surface area contributed by atoms with Gasteiger partial charge in [-0.25, -0.2) is 4.99 Å². The summed E-state index contributed by atoms with van der Waals surface area (Å²) in [5.41, 5.74) is -0.675. The van der Waals surface area contributed by atoms with E-state index in [1.807, 2.05) is 6.92 Å². The zero-order valence-electron chi connectivity index (χ0n) is 17.1. The Morgan fingerprint density at radius 3 is 2.52 bits per heavy atom. The van der Waals surface area contributed by atoms with E-state index in [-0.39, 0.29) is 24.0 Å². The number of fused-ring (bicyclic) bond motifs is 1. The van der Waals surface area contributed by atoms with Crippen LogP contribution in [-0.2, 0) is 19.5 Å². The predicted octanol–water partition coefficient (Wildman–Crippen LogP) is 3.01. The van der Waals surface area contributed by atoms with Gasteiger partial charge in [-0.2, -0.15) is 0 Å². The predicted molar refractivity (Wildman–Crippen MR) is 121 cm³/mol. The van der Waals surface area contributed by atoms with Gasteiger partial charge in [0, 0.05) is 26.1 Å². The second-order valence-electron chi connectivity index (χ2n) is 7.27. The fourth-order valence-electron chi connectivity index (χ4n) is 3.63. The van der Waals surface area contributed by atoms with E-state index in [9.17, 15) is 5.11 Å². The third kappa shape index (κ3) is 7.56. The van der Waals surface area contributed by atoms with Gasteiger partial charge in [-0.1, -0.05) is 33.1 Å². The number of aliphatic hydroxyl groups is 1. The van der Waals surface area contributed by atoms with Crippen LogP contribution in [0.15, 0.2) is 4.99 Å². The van der Waals surface area contributed by atoms with Crippen LogP contribution in [0.25, 0.3) is 0 Å². The summed E-state index contributed by atoms with van der Waals surface area (Å²) < 4.78 is 2.23. The van der Waals surface area contributed by atoms with Crippen LogP contribution < -0.4 is 10.6 Å². The van der Waals surface area contributed by atoms with E-state index < -0.39 is 5.60 Å². The number of nitrogens with zero attached hydrogens (tertiary/aromatic N) is 4. The minimum Gasteiger partial charge on any atom is -0.388 e. The van der Waals surface area contributed by atoms with Crippen molar-refractivity contribution < 1.29 is 5.11 Å². The molecule has 0 amide bonds. The summed E-state index contributed by atoms with van der Waals surface area (Å²) in [6, 6.07) is 0. The Bertz CT molecular complexity index is 569. The molecule has 27 heavy (non-hydrogen) atoms. The Hall–Kier alpha value is -0.900. The molecule has 2 heterocycles. The third-order valence-electron chi connectivity index (χ3n) is 4.92. The van der Waals surface area contributed by atoms with E-state index >= 15 is 0 Å². The van der Waals surface area contributed by atoms with Crippen molar-refractivity contribution >= 4 is 29.9 Å². The fourth-order valence-corrected chi connectivity index (χ4v) is 3.63. The highest BCUT2D eigenvalue weighted by molar-refractivity contribution is 14.0. The Kier molecular flexibility index (Phi) is 11.2. The average Bonchev–Trinajstić information content (AvgIpc) is 2.84. The molecule has 0 fully saturated rings. The van der Waals surface area contributed by atoms with Crippen molar-refractivity contribution in [2.75, 3.05) is 13.1 Å². The molecule has 0 spiro atoms. The van der Waals surface area contributed by atoms with Crippen molar-refractivity contribution in [3.63, 3.8) is 0 Å². The SMILES string of the molecule is CCCC(O)(CCC)CNC(=NCc1nnc2n1CCCCC2)NCC.I. The molecule has 156 valence electrons. The van der Waals surface area contributed by atoms with Crippen molar-refractivity contribution in [3.8, 4) is 0 Å². The number of aromatic nitrogens is 3. The van der Waals surface area contributed by atoms with Gasteiger partial charge in [0.15, 0.2) is 11.8 Å². The molecule has 3 N–H and O–H groups in total.